The summed E-state index contributed by atoms with van der Waals surface area (Å²) in [7, 11) is 0. The second kappa shape index (κ2) is 7.02. The molecule has 0 radical (unpaired) electrons. The van der Waals surface area contributed by atoms with Crippen molar-refractivity contribution in [2.75, 3.05) is 6.61 Å². The number of esters is 1. The number of thiophene rings is 1. The minimum atomic E-state index is -0.331. The fraction of sp³-hybridized carbons (Fsp3) is 0.115. The molecule has 0 saturated heterocycles. The summed E-state index contributed by atoms with van der Waals surface area (Å²) in [5.41, 5.74) is 1.64. The molecule has 0 aliphatic rings. The van der Waals surface area contributed by atoms with Gasteiger partial charge in [-0.2, -0.15) is 0 Å². The molecule has 0 fully saturated rings. The minimum Gasteiger partial charge on any atom is -0.462 e. The Bertz CT molecular complexity index is 1420. The lowest BCUT2D eigenvalue weighted by atomic mass is 9.96. The van der Waals surface area contributed by atoms with Crippen LogP contribution in [0.15, 0.2) is 78.9 Å². The quantitative estimate of drug-likeness (QED) is 0.241. The second-order valence-electron chi connectivity index (χ2n) is 7.39. The van der Waals surface area contributed by atoms with E-state index in [0.717, 1.165) is 0 Å². The van der Waals surface area contributed by atoms with Gasteiger partial charge in [-0.25, -0.2) is 4.79 Å². The highest BCUT2D eigenvalue weighted by molar-refractivity contribution is 7.26. The monoisotopic (exact) mass is 396 g/mol. The molecule has 1 aromatic heterocycles. The number of hydrogen-bond acceptors (Lipinski definition) is 3. The Morgan fingerprint density at radius 2 is 1.69 bits per heavy atom. The van der Waals surface area contributed by atoms with Gasteiger partial charge in [0, 0.05) is 32.2 Å². The third-order valence-electron chi connectivity index (χ3n) is 5.41. The molecule has 4 aromatic carbocycles. The van der Waals surface area contributed by atoms with E-state index in [1.807, 2.05) is 11.3 Å². The SMILES string of the molecule is C=C(C)C(=O)OCCc1cccc2ccc3sc4c5ccccc5ccc4c3c12. The van der Waals surface area contributed by atoms with Gasteiger partial charge >= 0.3 is 5.97 Å². The normalized spacial score (nSPS) is 11.5. The summed E-state index contributed by atoms with van der Waals surface area (Å²) in [6.07, 6.45) is 0.681. The van der Waals surface area contributed by atoms with E-state index in [4.69, 9.17) is 4.74 Å². The largest absolute Gasteiger partial charge is 0.462 e. The lowest BCUT2D eigenvalue weighted by molar-refractivity contribution is -0.138. The Morgan fingerprint density at radius 3 is 2.55 bits per heavy atom. The smallest absolute Gasteiger partial charge is 0.333 e. The van der Waals surface area contributed by atoms with E-state index in [2.05, 4.69) is 73.3 Å². The van der Waals surface area contributed by atoms with Gasteiger partial charge in [0.1, 0.15) is 0 Å². The van der Waals surface area contributed by atoms with Crippen LogP contribution >= 0.6 is 11.3 Å². The molecule has 0 unspecified atom stereocenters. The molecule has 0 bridgehead atoms. The molecular formula is C26H20O2S. The fourth-order valence-electron chi connectivity index (χ4n) is 4.03. The number of benzene rings is 4. The first kappa shape index (κ1) is 17.9. The third kappa shape index (κ3) is 2.99. The summed E-state index contributed by atoms with van der Waals surface area (Å²) in [4.78, 5) is 11.7. The van der Waals surface area contributed by atoms with Crippen molar-refractivity contribution in [1.29, 1.82) is 0 Å². The molecule has 0 spiro atoms. The lowest BCUT2D eigenvalue weighted by Gasteiger charge is -2.10. The van der Waals surface area contributed by atoms with Crippen molar-refractivity contribution in [2.24, 2.45) is 0 Å². The zero-order valence-electron chi connectivity index (χ0n) is 16.2. The molecule has 2 nitrogen and oxygen atoms in total. The molecule has 5 aromatic rings. The van der Waals surface area contributed by atoms with Gasteiger partial charge in [0.05, 0.1) is 6.61 Å². The van der Waals surface area contributed by atoms with Gasteiger partial charge < -0.3 is 4.74 Å². The molecule has 29 heavy (non-hydrogen) atoms. The first-order valence-corrected chi connectivity index (χ1v) is 10.5. The molecule has 0 aliphatic heterocycles. The summed E-state index contributed by atoms with van der Waals surface area (Å²) < 4.78 is 7.97. The van der Waals surface area contributed by atoms with Crippen LogP contribution in [0.4, 0.5) is 0 Å². The maximum atomic E-state index is 11.7. The number of hydrogen-bond donors (Lipinski definition) is 0. The van der Waals surface area contributed by atoms with Crippen LogP contribution < -0.4 is 0 Å². The first-order chi connectivity index (χ1) is 14.1. The molecule has 0 N–H and O–H groups in total. The zero-order chi connectivity index (χ0) is 20.0. The van der Waals surface area contributed by atoms with E-state index in [1.165, 1.54) is 47.3 Å². The van der Waals surface area contributed by atoms with E-state index in [1.54, 1.807) is 6.92 Å². The summed E-state index contributed by atoms with van der Waals surface area (Å²) in [5, 5.41) is 7.64. The maximum Gasteiger partial charge on any atom is 0.333 e. The topological polar surface area (TPSA) is 26.3 Å². The molecule has 5 rings (SSSR count). The van der Waals surface area contributed by atoms with Crippen molar-refractivity contribution in [3.8, 4) is 0 Å². The summed E-state index contributed by atoms with van der Waals surface area (Å²) >= 11 is 1.85. The Hall–Kier alpha value is -3.17. The number of ether oxygens (including phenoxy) is 1. The number of rotatable bonds is 4. The van der Waals surface area contributed by atoms with Gasteiger partial charge in [-0.05, 0) is 40.1 Å². The van der Waals surface area contributed by atoms with Crippen LogP contribution in [-0.4, -0.2) is 12.6 Å². The van der Waals surface area contributed by atoms with Crippen LogP contribution in [0.2, 0.25) is 0 Å². The lowest BCUT2D eigenvalue weighted by Crippen LogP contribution is -2.08. The molecule has 142 valence electrons. The Morgan fingerprint density at radius 1 is 0.897 bits per heavy atom. The molecule has 0 saturated carbocycles. The van der Waals surface area contributed by atoms with Crippen LogP contribution in [0.5, 0.6) is 0 Å². The molecule has 0 atom stereocenters. The fourth-order valence-corrected chi connectivity index (χ4v) is 5.28. The van der Waals surface area contributed by atoms with Crippen molar-refractivity contribution in [3.05, 3.63) is 84.4 Å². The minimum absolute atomic E-state index is 0.331. The third-order valence-corrected chi connectivity index (χ3v) is 6.61. The molecule has 1 heterocycles. The van der Waals surface area contributed by atoms with Gasteiger partial charge in [0.25, 0.3) is 0 Å². The summed E-state index contributed by atoms with van der Waals surface area (Å²) in [5.74, 6) is -0.331. The number of carbonyl (C=O) groups is 1. The van der Waals surface area contributed by atoms with E-state index < -0.39 is 0 Å². The Labute approximate surface area is 173 Å². The van der Waals surface area contributed by atoms with Crippen LogP contribution in [0.3, 0.4) is 0 Å². The average molecular weight is 397 g/mol. The van der Waals surface area contributed by atoms with Gasteiger partial charge in [0.2, 0.25) is 0 Å². The van der Waals surface area contributed by atoms with E-state index in [0.29, 0.717) is 18.6 Å². The Kier molecular flexibility index (Phi) is 4.33. The van der Waals surface area contributed by atoms with Crippen LogP contribution in [0.25, 0.3) is 41.7 Å². The molecule has 0 amide bonds. The van der Waals surface area contributed by atoms with Gasteiger partial charge in [-0.15, -0.1) is 11.3 Å². The first-order valence-electron chi connectivity index (χ1n) is 9.71. The van der Waals surface area contributed by atoms with Crippen molar-refractivity contribution < 1.29 is 9.53 Å². The van der Waals surface area contributed by atoms with Crippen LogP contribution in [0, 0.1) is 0 Å². The van der Waals surface area contributed by atoms with Crippen LogP contribution in [-0.2, 0) is 16.0 Å². The molecule has 3 heteroatoms. The van der Waals surface area contributed by atoms with Crippen molar-refractivity contribution in [1.82, 2.24) is 0 Å². The second-order valence-corrected chi connectivity index (χ2v) is 8.44. The predicted octanol–water partition coefficient (Wildman–Crippen LogP) is 7.02. The number of fused-ring (bicyclic) bond motifs is 7. The highest BCUT2D eigenvalue weighted by atomic mass is 32.1. The van der Waals surface area contributed by atoms with Crippen molar-refractivity contribution >= 4 is 59.0 Å². The summed E-state index contributed by atoms with van der Waals surface area (Å²) in [6.45, 7) is 5.68. The summed E-state index contributed by atoms with van der Waals surface area (Å²) in [6, 6.07) is 23.8. The van der Waals surface area contributed by atoms with Crippen molar-refractivity contribution in [3.63, 3.8) is 0 Å². The van der Waals surface area contributed by atoms with Gasteiger partial charge in [-0.1, -0.05) is 67.2 Å². The standard InChI is InChI=1S/C26H20O2S/c1-16(2)26(27)28-15-14-19-8-5-7-18-11-13-22-24(23(18)19)21-12-10-17-6-3-4-9-20(17)25(21)29-22/h3-13H,1,14-15H2,2H3. The molecular weight excluding hydrogens is 376 g/mol. The van der Waals surface area contributed by atoms with E-state index in [-0.39, 0.29) is 5.97 Å². The van der Waals surface area contributed by atoms with E-state index in [9.17, 15) is 4.79 Å². The average Bonchev–Trinajstić information content (AvgIpc) is 3.13. The Balaban J connectivity index is 1.71. The highest BCUT2D eigenvalue weighted by Crippen LogP contribution is 2.42. The number of carbonyl (C=O) groups excluding carboxylic acids is 1. The van der Waals surface area contributed by atoms with E-state index >= 15 is 0 Å². The maximum absolute atomic E-state index is 11.7. The molecule has 0 aliphatic carbocycles. The zero-order valence-corrected chi connectivity index (χ0v) is 17.0. The van der Waals surface area contributed by atoms with Crippen molar-refractivity contribution in [2.45, 2.75) is 13.3 Å². The van der Waals surface area contributed by atoms with Gasteiger partial charge in [0.15, 0.2) is 0 Å². The van der Waals surface area contributed by atoms with Crippen LogP contribution in [0.1, 0.15) is 12.5 Å². The predicted molar refractivity (Wildman–Crippen MR) is 124 cm³/mol. The van der Waals surface area contributed by atoms with Gasteiger partial charge in [-0.3, -0.25) is 0 Å². The highest BCUT2D eigenvalue weighted by Gasteiger charge is 2.14.